The zero-order chi connectivity index (χ0) is 19.1. The molecule has 0 saturated heterocycles. The van der Waals surface area contributed by atoms with Crippen molar-refractivity contribution in [3.05, 3.63) is 16.8 Å². The molecule has 2 amide bonds. The van der Waals surface area contributed by atoms with Crippen molar-refractivity contribution in [1.29, 1.82) is 0 Å². The lowest BCUT2D eigenvalue weighted by Gasteiger charge is -2.56. The van der Waals surface area contributed by atoms with Gasteiger partial charge in [-0.1, -0.05) is 11.3 Å². The molecule has 0 atom stereocenters. The standard InChI is InChI=1S/C20H24N4O2S2/c25-16(9-20-6-12-3-13(7-20)5-14(4-12)8-20)21-10-17(26)22-19-24-23-18(28-19)15-1-2-27-11-15/h1-2,11-14H,3-10H2,(H,21,25)(H,22,24,26). The second-order valence-corrected chi connectivity index (χ2v) is 10.6. The van der Waals surface area contributed by atoms with Gasteiger partial charge in [0, 0.05) is 17.4 Å². The molecule has 6 nitrogen and oxygen atoms in total. The maximum absolute atomic E-state index is 12.5. The van der Waals surface area contributed by atoms with Crippen molar-refractivity contribution < 1.29 is 9.59 Å². The first kappa shape index (κ1) is 18.2. The van der Waals surface area contributed by atoms with E-state index in [-0.39, 0.29) is 23.8 Å². The van der Waals surface area contributed by atoms with Crippen LogP contribution in [-0.2, 0) is 9.59 Å². The number of carbonyl (C=O) groups excluding carboxylic acids is 2. The summed E-state index contributed by atoms with van der Waals surface area (Å²) in [6, 6.07) is 1.97. The van der Waals surface area contributed by atoms with E-state index in [4.69, 9.17) is 0 Å². The Morgan fingerprint density at radius 3 is 2.43 bits per heavy atom. The molecule has 0 spiro atoms. The average molecular weight is 417 g/mol. The van der Waals surface area contributed by atoms with Crippen LogP contribution in [0.5, 0.6) is 0 Å². The number of rotatable bonds is 6. The van der Waals surface area contributed by atoms with Crippen LogP contribution in [0.4, 0.5) is 5.13 Å². The molecule has 28 heavy (non-hydrogen) atoms. The first-order valence-electron chi connectivity index (χ1n) is 9.99. The van der Waals surface area contributed by atoms with E-state index in [1.54, 1.807) is 11.3 Å². The Balaban J connectivity index is 1.12. The zero-order valence-electron chi connectivity index (χ0n) is 15.6. The number of hydrogen-bond donors (Lipinski definition) is 2. The van der Waals surface area contributed by atoms with Gasteiger partial charge in [0.05, 0.1) is 6.54 Å². The maximum Gasteiger partial charge on any atom is 0.245 e. The van der Waals surface area contributed by atoms with Gasteiger partial charge in [0.15, 0.2) is 0 Å². The third-order valence-electron chi connectivity index (χ3n) is 6.59. The molecular weight excluding hydrogens is 392 g/mol. The predicted molar refractivity (Wildman–Crippen MR) is 110 cm³/mol. The summed E-state index contributed by atoms with van der Waals surface area (Å²) in [6.45, 7) is -0.0153. The SMILES string of the molecule is O=C(CC12CC3CC(CC(C3)C1)C2)NCC(=O)Nc1nnc(-c2ccsc2)s1. The highest BCUT2D eigenvalue weighted by molar-refractivity contribution is 7.19. The monoisotopic (exact) mass is 416 g/mol. The van der Waals surface area contributed by atoms with Gasteiger partial charge < -0.3 is 5.32 Å². The van der Waals surface area contributed by atoms with Crippen molar-refractivity contribution in [2.45, 2.75) is 44.9 Å². The molecule has 4 fully saturated rings. The van der Waals surface area contributed by atoms with Gasteiger partial charge in [-0.25, -0.2) is 0 Å². The van der Waals surface area contributed by atoms with E-state index in [2.05, 4.69) is 20.8 Å². The second-order valence-electron chi connectivity index (χ2n) is 8.84. The van der Waals surface area contributed by atoms with Crippen LogP contribution in [0.15, 0.2) is 16.8 Å². The summed E-state index contributed by atoms with van der Waals surface area (Å²) in [5.41, 5.74) is 1.20. The van der Waals surface area contributed by atoms with Gasteiger partial charge in [0.25, 0.3) is 0 Å². The topological polar surface area (TPSA) is 84.0 Å². The van der Waals surface area contributed by atoms with E-state index in [0.717, 1.165) is 28.3 Å². The summed E-state index contributed by atoms with van der Waals surface area (Å²) in [4.78, 5) is 24.7. The van der Waals surface area contributed by atoms with Crippen LogP contribution in [0.1, 0.15) is 44.9 Å². The van der Waals surface area contributed by atoms with Crippen LogP contribution in [0, 0.1) is 23.2 Å². The van der Waals surface area contributed by atoms with Gasteiger partial charge in [-0.15, -0.1) is 10.2 Å². The van der Waals surface area contributed by atoms with E-state index in [1.807, 2.05) is 16.8 Å². The first-order valence-corrected chi connectivity index (χ1v) is 11.8. The summed E-state index contributed by atoms with van der Waals surface area (Å²) < 4.78 is 0. The van der Waals surface area contributed by atoms with Crippen molar-refractivity contribution in [3.63, 3.8) is 0 Å². The highest BCUT2D eigenvalue weighted by atomic mass is 32.1. The molecule has 8 heteroatoms. The van der Waals surface area contributed by atoms with Crippen LogP contribution in [0.2, 0.25) is 0 Å². The lowest BCUT2D eigenvalue weighted by Crippen LogP contribution is -2.48. The fraction of sp³-hybridized carbons (Fsp3) is 0.600. The largest absolute Gasteiger partial charge is 0.347 e. The van der Waals surface area contributed by atoms with Crippen molar-refractivity contribution in [1.82, 2.24) is 15.5 Å². The van der Waals surface area contributed by atoms with Crippen molar-refractivity contribution >= 4 is 39.6 Å². The molecule has 4 bridgehead atoms. The smallest absolute Gasteiger partial charge is 0.245 e. The summed E-state index contributed by atoms with van der Waals surface area (Å²) in [5, 5.41) is 18.9. The number of nitrogens with zero attached hydrogens (tertiary/aromatic N) is 2. The Kier molecular flexibility index (Phi) is 4.71. The Morgan fingerprint density at radius 1 is 1.07 bits per heavy atom. The lowest BCUT2D eigenvalue weighted by atomic mass is 9.49. The Bertz CT molecular complexity index is 841. The lowest BCUT2D eigenvalue weighted by molar-refractivity contribution is -0.131. The molecule has 0 aromatic carbocycles. The quantitative estimate of drug-likeness (QED) is 0.747. The summed E-state index contributed by atoms with van der Waals surface area (Å²) in [7, 11) is 0. The Hall–Kier alpha value is -1.80. The van der Waals surface area contributed by atoms with E-state index >= 15 is 0 Å². The fourth-order valence-electron chi connectivity index (χ4n) is 6.03. The van der Waals surface area contributed by atoms with Gasteiger partial charge in [-0.05, 0) is 73.1 Å². The minimum absolute atomic E-state index is 0.00771. The highest BCUT2D eigenvalue weighted by Crippen LogP contribution is 2.61. The Labute approximate surface area is 172 Å². The average Bonchev–Trinajstić information content (AvgIpc) is 3.29. The van der Waals surface area contributed by atoms with Crippen LogP contribution in [-0.4, -0.2) is 28.6 Å². The fourth-order valence-corrected chi connectivity index (χ4v) is 7.50. The molecule has 4 saturated carbocycles. The van der Waals surface area contributed by atoms with E-state index < -0.39 is 0 Å². The summed E-state index contributed by atoms with van der Waals surface area (Å²) in [5.74, 6) is 2.24. The molecule has 0 aliphatic heterocycles. The normalized spacial score (nSPS) is 30.4. The van der Waals surface area contributed by atoms with Gasteiger partial charge in [-0.3, -0.25) is 14.9 Å². The van der Waals surface area contributed by atoms with Crippen molar-refractivity contribution in [2.24, 2.45) is 23.2 Å². The number of nitrogens with one attached hydrogen (secondary N) is 2. The van der Waals surface area contributed by atoms with Crippen LogP contribution >= 0.6 is 22.7 Å². The van der Waals surface area contributed by atoms with Crippen LogP contribution in [0.3, 0.4) is 0 Å². The number of anilines is 1. The number of thiophene rings is 1. The van der Waals surface area contributed by atoms with Gasteiger partial charge >= 0.3 is 0 Å². The molecule has 0 unspecified atom stereocenters. The molecule has 6 rings (SSSR count). The molecular formula is C20H24N4O2S2. The number of carbonyl (C=O) groups is 2. The number of aromatic nitrogens is 2. The minimum Gasteiger partial charge on any atom is -0.347 e. The van der Waals surface area contributed by atoms with Gasteiger partial charge in [-0.2, -0.15) is 11.3 Å². The van der Waals surface area contributed by atoms with Crippen molar-refractivity contribution in [2.75, 3.05) is 11.9 Å². The third kappa shape index (κ3) is 3.72. The Morgan fingerprint density at radius 2 is 1.79 bits per heavy atom. The molecule has 2 N–H and O–H groups in total. The minimum atomic E-state index is -0.258. The zero-order valence-corrected chi connectivity index (χ0v) is 17.3. The van der Waals surface area contributed by atoms with Crippen molar-refractivity contribution in [3.8, 4) is 10.6 Å². The first-order chi connectivity index (χ1) is 13.6. The van der Waals surface area contributed by atoms with Gasteiger partial charge in [0.2, 0.25) is 16.9 Å². The number of hydrogen-bond acceptors (Lipinski definition) is 6. The van der Waals surface area contributed by atoms with E-state index in [0.29, 0.717) is 11.6 Å². The molecule has 148 valence electrons. The molecule has 4 aliphatic carbocycles. The van der Waals surface area contributed by atoms with E-state index in [9.17, 15) is 9.59 Å². The molecule has 2 aromatic rings. The van der Waals surface area contributed by atoms with Gasteiger partial charge in [0.1, 0.15) is 5.01 Å². The maximum atomic E-state index is 12.5. The summed E-state index contributed by atoms with van der Waals surface area (Å²) >= 11 is 2.93. The van der Waals surface area contributed by atoms with E-state index in [1.165, 1.54) is 49.9 Å². The number of amides is 2. The summed E-state index contributed by atoms with van der Waals surface area (Å²) in [6.07, 6.45) is 8.30. The molecule has 2 aromatic heterocycles. The molecule has 0 radical (unpaired) electrons. The molecule has 2 heterocycles. The third-order valence-corrected chi connectivity index (χ3v) is 8.16. The molecule has 4 aliphatic rings. The highest BCUT2D eigenvalue weighted by Gasteiger charge is 2.51. The second kappa shape index (κ2) is 7.22. The predicted octanol–water partition coefficient (Wildman–Crippen LogP) is 3.93. The van der Waals surface area contributed by atoms with Crippen LogP contribution < -0.4 is 10.6 Å². The van der Waals surface area contributed by atoms with Crippen LogP contribution in [0.25, 0.3) is 10.6 Å².